The molecule has 0 atom stereocenters. The summed E-state index contributed by atoms with van der Waals surface area (Å²) < 4.78 is 16.3. The molecule has 0 saturated carbocycles. The predicted molar refractivity (Wildman–Crippen MR) is 174 cm³/mol. The molecule has 0 fully saturated rings. The van der Waals surface area contributed by atoms with Gasteiger partial charge in [-0.05, 0) is 0 Å². The van der Waals surface area contributed by atoms with E-state index in [9.17, 15) is 0 Å². The summed E-state index contributed by atoms with van der Waals surface area (Å²) >= 11 is -5.86. The minimum atomic E-state index is -5.86. The van der Waals surface area contributed by atoms with Crippen LogP contribution in [0.15, 0.2) is 110 Å². The number of benzene rings is 3. The molecule has 0 bridgehead atoms. The fourth-order valence-electron chi connectivity index (χ4n) is 8.72. The molecule has 0 N–H and O–H groups in total. The molecule has 206 valence electrons. The third-order valence-corrected chi connectivity index (χ3v) is 25.2. The Kier molecular flexibility index (Phi) is 3.04. The Balaban J connectivity index is 1.47. The van der Waals surface area contributed by atoms with Crippen molar-refractivity contribution >= 4 is 70.6 Å². The Morgan fingerprint density at radius 1 is 0.279 bits per heavy atom. The fourth-order valence-corrected chi connectivity index (χ4v) is 26.8. The second kappa shape index (κ2) is 6.10. The Hall–Kier alpha value is -5.26. The molecule has 6 nitrogen and oxygen atoms in total. The van der Waals surface area contributed by atoms with Crippen LogP contribution in [0.2, 0.25) is 0 Å². The number of nitrogens with zero attached hydrogens (tertiary/aromatic N) is 6. The first-order valence-corrected chi connectivity index (χ1v) is 19.2. The molecule has 12 rings (SSSR count). The van der Waals surface area contributed by atoms with Crippen molar-refractivity contribution in [1.82, 2.24) is 0 Å². The molecule has 0 aliphatic carbocycles. The van der Waals surface area contributed by atoms with Gasteiger partial charge in [0.05, 0.1) is 0 Å². The van der Waals surface area contributed by atoms with Gasteiger partial charge in [-0.25, -0.2) is 0 Å². The number of anilines is 6. The normalized spacial score (nSPS) is 24.6. The second-order valence-corrected chi connectivity index (χ2v) is 22.0. The number of rotatable bonds is 0. The van der Waals surface area contributed by atoms with Crippen LogP contribution >= 0.6 is 0 Å². The molecule has 43 heavy (non-hydrogen) atoms. The second-order valence-electron chi connectivity index (χ2n) is 11.7. The maximum atomic E-state index is 2.72. The number of hydrogen-bond donors (Lipinski definition) is 0. The van der Waals surface area contributed by atoms with Crippen molar-refractivity contribution in [1.29, 1.82) is 0 Å². The van der Waals surface area contributed by atoms with E-state index in [4.69, 9.17) is 0 Å². The van der Waals surface area contributed by atoms with Crippen LogP contribution in [-0.4, -0.2) is 0 Å². The third kappa shape index (κ3) is 1.61. The summed E-state index contributed by atoms with van der Waals surface area (Å²) in [5.41, 5.74) is 7.52. The van der Waals surface area contributed by atoms with Crippen LogP contribution in [0.25, 0.3) is 36.5 Å². The van der Waals surface area contributed by atoms with E-state index in [0.29, 0.717) is 0 Å². The van der Waals surface area contributed by atoms with Crippen molar-refractivity contribution in [2.75, 3.05) is 21.9 Å². The average Bonchev–Trinajstić information content (AvgIpc) is 3.59. The Bertz CT molecular complexity index is 2140. The van der Waals surface area contributed by atoms with E-state index < -0.39 is 13.9 Å². The fraction of sp³-hybridized carbons (Fsp3) is 0. The molecule has 3 aromatic rings. The van der Waals surface area contributed by atoms with E-state index in [2.05, 4.69) is 168 Å². The van der Waals surface area contributed by atoms with Gasteiger partial charge in [0.1, 0.15) is 0 Å². The molecule has 0 saturated heterocycles. The van der Waals surface area contributed by atoms with E-state index in [1.54, 1.807) is 0 Å². The topological polar surface area (TPSA) is 19.4 Å². The van der Waals surface area contributed by atoms with Crippen LogP contribution in [0, 0.1) is 0 Å². The molecule has 9 heterocycles. The van der Waals surface area contributed by atoms with Crippen LogP contribution < -0.4 is 53.2 Å². The average molecular weight is 642 g/mol. The molecule has 9 aliphatic rings. The van der Waals surface area contributed by atoms with Crippen LogP contribution in [-0.2, 0) is 13.9 Å². The summed E-state index contributed by atoms with van der Waals surface area (Å²) in [5.74, 6) is 0. The van der Waals surface area contributed by atoms with Gasteiger partial charge in [-0.15, -0.1) is 0 Å². The van der Waals surface area contributed by atoms with E-state index in [0.717, 1.165) is 0 Å². The van der Waals surface area contributed by atoms with E-state index in [-0.39, 0.29) is 0 Å². The van der Waals surface area contributed by atoms with Crippen LogP contribution in [0.3, 0.4) is 0 Å². The Morgan fingerprint density at radius 3 is 0.651 bits per heavy atom. The zero-order chi connectivity index (χ0) is 27.8. The Morgan fingerprint density at radius 2 is 0.465 bits per heavy atom. The van der Waals surface area contributed by atoms with Gasteiger partial charge in [0.2, 0.25) is 0 Å². The van der Waals surface area contributed by atoms with Gasteiger partial charge in [0, 0.05) is 0 Å². The van der Waals surface area contributed by atoms with Gasteiger partial charge in [-0.1, -0.05) is 0 Å². The first kappa shape index (κ1) is 21.4. The minimum absolute atomic E-state index is 1.23. The number of allylic oxidation sites excluding steroid dienone is 6. The van der Waals surface area contributed by atoms with Crippen molar-refractivity contribution in [2.45, 2.75) is 0 Å². The van der Waals surface area contributed by atoms with Gasteiger partial charge < -0.3 is 0 Å². The standard InChI is InChI=1S/3C12H8N2.Ru/c3*1-3-9-5-6-10-4-2-8-14-12(10)11(9)13-7-1;/h3*1-8H;/q3*-2;+6. The maximum absolute atomic E-state index is 5.86. The van der Waals surface area contributed by atoms with Crippen molar-refractivity contribution in [3.05, 3.63) is 141 Å². The van der Waals surface area contributed by atoms with Crippen LogP contribution in [0.4, 0.5) is 34.1 Å². The molecular weight excluding hydrogens is 618 g/mol. The molecular formula is C36H24N6Ru. The Labute approximate surface area is 246 Å². The van der Waals surface area contributed by atoms with Crippen molar-refractivity contribution in [2.24, 2.45) is 0 Å². The molecule has 3 aromatic carbocycles. The third-order valence-electron chi connectivity index (χ3n) is 10.1. The molecule has 1 spiro atoms. The predicted octanol–water partition coefficient (Wildman–Crippen LogP) is 2.53. The molecule has 9 aliphatic heterocycles. The molecule has 7 heteroatoms. The van der Waals surface area contributed by atoms with E-state index >= 15 is 0 Å². The van der Waals surface area contributed by atoms with Gasteiger partial charge in [0.25, 0.3) is 0 Å². The van der Waals surface area contributed by atoms with Gasteiger partial charge >= 0.3 is 248 Å². The van der Waals surface area contributed by atoms with Crippen molar-refractivity contribution < 1.29 is 13.9 Å². The van der Waals surface area contributed by atoms with Gasteiger partial charge in [-0.2, -0.15) is 0 Å². The first-order valence-electron chi connectivity index (χ1n) is 14.6. The number of hydrogen-bond acceptors (Lipinski definition) is 6. The quantitative estimate of drug-likeness (QED) is 0.350. The first-order chi connectivity index (χ1) is 21.3. The summed E-state index contributed by atoms with van der Waals surface area (Å²) in [6, 6.07) is 13.7. The molecule has 0 amide bonds. The van der Waals surface area contributed by atoms with Crippen LogP contribution in [0.1, 0.15) is 0 Å². The zero-order valence-corrected chi connectivity index (χ0v) is 24.6. The summed E-state index contributed by atoms with van der Waals surface area (Å²) in [5, 5.41) is 7.39. The van der Waals surface area contributed by atoms with Gasteiger partial charge in [0.15, 0.2) is 0 Å². The van der Waals surface area contributed by atoms with E-state index in [1.165, 1.54) is 65.4 Å². The summed E-state index contributed by atoms with van der Waals surface area (Å²) in [6.45, 7) is 0. The van der Waals surface area contributed by atoms with Crippen molar-refractivity contribution in [3.63, 3.8) is 0 Å². The monoisotopic (exact) mass is 642 g/mol. The zero-order valence-electron chi connectivity index (χ0n) is 22.9. The SMILES string of the molecule is C1=C[N]2c3c4c(ccc3=C1)=CC=C[N]4[Ru]213([N]2C=CC=c4ccc5c(c42)[N]1C=CC=5)[N]1C=CC=c2ccc4c(c21)[N]3C=CC=4. The van der Waals surface area contributed by atoms with Gasteiger partial charge in [-0.3, -0.25) is 0 Å². The van der Waals surface area contributed by atoms with Crippen LogP contribution in [0.5, 0.6) is 0 Å². The molecule has 0 radical (unpaired) electrons. The molecule has 0 aromatic heterocycles. The summed E-state index contributed by atoms with van der Waals surface area (Å²) in [7, 11) is 0. The van der Waals surface area contributed by atoms with Crippen molar-refractivity contribution in [3.8, 4) is 0 Å². The van der Waals surface area contributed by atoms with E-state index in [1.807, 2.05) is 0 Å². The summed E-state index contributed by atoms with van der Waals surface area (Å²) in [4.78, 5) is 0. The molecule has 0 unspecified atom stereocenters. The summed E-state index contributed by atoms with van der Waals surface area (Å²) in [6.07, 6.45) is 41.3.